The Kier molecular flexibility index (Phi) is 64.4. The summed E-state index contributed by atoms with van der Waals surface area (Å²) in [5, 5.41) is 10.6. The van der Waals surface area contributed by atoms with Crippen molar-refractivity contribution in [1.82, 2.24) is 0 Å². The molecule has 0 saturated carbocycles. The number of unbranched alkanes of at least 4 members (excludes halogenated alkanes) is 36. The van der Waals surface area contributed by atoms with Gasteiger partial charge >= 0.3 is 39.5 Å². The molecule has 0 aliphatic rings. The van der Waals surface area contributed by atoms with Crippen molar-refractivity contribution >= 4 is 39.5 Å². The van der Waals surface area contributed by atoms with Gasteiger partial charge < -0.3 is 33.8 Å². The summed E-state index contributed by atoms with van der Waals surface area (Å²) >= 11 is 0. The van der Waals surface area contributed by atoms with Gasteiger partial charge in [-0.15, -0.1) is 0 Å². The molecule has 0 heterocycles. The van der Waals surface area contributed by atoms with Crippen molar-refractivity contribution in [1.29, 1.82) is 0 Å². The summed E-state index contributed by atoms with van der Waals surface area (Å²) < 4.78 is 68.5. The Hall–Kier alpha value is -2.46. The van der Waals surface area contributed by atoms with Gasteiger partial charge in [0.05, 0.1) is 26.4 Å². The first-order valence-electron chi connectivity index (χ1n) is 38.7. The third-order valence-corrected chi connectivity index (χ3v) is 19.3. The van der Waals surface area contributed by atoms with Gasteiger partial charge in [0.2, 0.25) is 0 Å². The molecule has 0 bridgehead atoms. The second-order valence-electron chi connectivity index (χ2n) is 27.9. The summed E-state index contributed by atoms with van der Waals surface area (Å²) in [6, 6.07) is 0. The fourth-order valence-electron chi connectivity index (χ4n) is 11.0. The zero-order chi connectivity index (χ0) is 70.1. The van der Waals surface area contributed by atoms with Crippen LogP contribution in [0.4, 0.5) is 0 Å². The number of ether oxygens (including phenoxy) is 4. The van der Waals surface area contributed by atoms with E-state index >= 15 is 0 Å². The first-order chi connectivity index (χ1) is 45.8. The molecule has 0 fully saturated rings. The number of phosphoric acid groups is 2. The SMILES string of the molecule is CCCCCC/C=C\C=C/CCCCCCCC(=O)OC[C@H](COP(=O)(O)OCC(O)COP(=O)(O)OC[C@@H](COC(=O)CCCCCCCCCC(C)C)OC(=O)CCCCCCCCCCCC(C)C)OC(=O)CCCCCCCCCCCCCCCCC(C)CC. The normalized spacial score (nSPS) is 14.5. The third kappa shape index (κ3) is 68.5. The predicted molar refractivity (Wildman–Crippen MR) is 386 cm³/mol. The zero-order valence-electron chi connectivity index (χ0n) is 61.6. The number of carbonyl (C=O) groups is 4. The minimum atomic E-state index is -4.97. The highest BCUT2D eigenvalue weighted by Gasteiger charge is 2.30. The quantitative estimate of drug-likeness (QED) is 0.0169. The summed E-state index contributed by atoms with van der Waals surface area (Å²) in [7, 11) is -9.92. The summed E-state index contributed by atoms with van der Waals surface area (Å²) in [5.74, 6) is 0.132. The van der Waals surface area contributed by atoms with Crippen LogP contribution < -0.4 is 0 Å². The number of esters is 4. The van der Waals surface area contributed by atoms with E-state index in [4.69, 9.17) is 37.0 Å². The molecule has 3 N–H and O–H groups in total. The Morgan fingerprint density at radius 3 is 0.937 bits per heavy atom. The van der Waals surface area contributed by atoms with E-state index in [-0.39, 0.29) is 25.7 Å². The van der Waals surface area contributed by atoms with E-state index in [9.17, 15) is 43.2 Å². The first-order valence-corrected chi connectivity index (χ1v) is 41.7. The van der Waals surface area contributed by atoms with Crippen molar-refractivity contribution < 1.29 is 80.2 Å². The van der Waals surface area contributed by atoms with E-state index in [2.05, 4.69) is 72.8 Å². The van der Waals surface area contributed by atoms with Crippen LogP contribution in [0.2, 0.25) is 0 Å². The molecule has 0 aromatic carbocycles. The summed E-state index contributed by atoms with van der Waals surface area (Å²) in [6.07, 6.45) is 55.0. The van der Waals surface area contributed by atoms with Gasteiger partial charge in [-0.1, -0.05) is 310 Å². The van der Waals surface area contributed by atoms with Crippen molar-refractivity contribution in [2.24, 2.45) is 17.8 Å². The van der Waals surface area contributed by atoms with Gasteiger partial charge in [-0.05, 0) is 69.1 Å². The summed E-state index contributed by atoms with van der Waals surface area (Å²) in [4.78, 5) is 72.8. The predicted octanol–water partition coefficient (Wildman–Crippen LogP) is 21.7. The lowest BCUT2D eigenvalue weighted by Crippen LogP contribution is -2.30. The van der Waals surface area contributed by atoms with Gasteiger partial charge in [-0.3, -0.25) is 37.3 Å². The van der Waals surface area contributed by atoms with Gasteiger partial charge in [0.1, 0.15) is 19.3 Å². The van der Waals surface area contributed by atoms with Crippen LogP contribution in [-0.2, 0) is 65.4 Å². The molecule has 0 spiro atoms. The smallest absolute Gasteiger partial charge is 0.462 e. The fourth-order valence-corrected chi connectivity index (χ4v) is 12.6. The highest BCUT2D eigenvalue weighted by atomic mass is 31.2. The van der Waals surface area contributed by atoms with Crippen LogP contribution in [0.3, 0.4) is 0 Å². The number of phosphoric ester groups is 2. The topological polar surface area (TPSA) is 237 Å². The lowest BCUT2D eigenvalue weighted by molar-refractivity contribution is -0.161. The highest BCUT2D eigenvalue weighted by Crippen LogP contribution is 2.45. The van der Waals surface area contributed by atoms with Crippen LogP contribution in [0, 0.1) is 17.8 Å². The maximum atomic E-state index is 13.1. The van der Waals surface area contributed by atoms with Crippen LogP contribution in [0.5, 0.6) is 0 Å². The maximum Gasteiger partial charge on any atom is 0.472 e. The Morgan fingerprint density at radius 1 is 0.347 bits per heavy atom. The average Bonchev–Trinajstić information content (AvgIpc) is 1.52. The highest BCUT2D eigenvalue weighted by molar-refractivity contribution is 7.47. The molecule has 0 amide bonds. The number of aliphatic hydroxyl groups excluding tert-OH is 1. The second-order valence-corrected chi connectivity index (χ2v) is 30.8. The van der Waals surface area contributed by atoms with E-state index in [1.54, 1.807) is 0 Å². The number of carbonyl (C=O) groups excluding carboxylic acids is 4. The van der Waals surface area contributed by atoms with Crippen LogP contribution in [-0.4, -0.2) is 96.7 Å². The lowest BCUT2D eigenvalue weighted by atomic mass is 9.99. The number of hydrogen-bond acceptors (Lipinski definition) is 15. The standard InChI is InChI=1S/C76H144O17P2/c1-8-10-11-12-13-14-15-16-17-21-24-29-36-43-50-57-73(78)86-63-71(92-75(80)59-52-45-37-30-25-22-19-18-20-23-28-35-42-49-56-69(7)9-2)65-90-94(82,83)88-61-70(77)62-89-95(84,85)91-66-72(64-87-74(79)58-51-44-39-32-34-41-48-55-68(5)6)93-76(81)60-53-46-38-31-26-27-33-40-47-54-67(3)4/h14-17,67-72,77H,8-13,18-66H2,1-7H3,(H,82,83)(H,84,85)/b15-14-,17-16-/t69?,70?,71-,72-/m1/s1. The molecular formula is C76H144O17P2. The molecule has 0 aliphatic heterocycles. The molecule has 0 saturated heterocycles. The van der Waals surface area contributed by atoms with Crippen molar-refractivity contribution in [2.45, 2.75) is 381 Å². The monoisotopic (exact) mass is 1390 g/mol. The summed E-state index contributed by atoms with van der Waals surface area (Å²) in [5.41, 5.74) is 0. The van der Waals surface area contributed by atoms with Gasteiger partial charge in [0, 0.05) is 25.7 Å². The molecule has 0 aromatic rings. The molecule has 560 valence electrons. The van der Waals surface area contributed by atoms with E-state index in [0.29, 0.717) is 31.6 Å². The largest absolute Gasteiger partial charge is 0.472 e. The van der Waals surface area contributed by atoms with Crippen LogP contribution >= 0.6 is 15.6 Å². The minimum Gasteiger partial charge on any atom is -0.462 e. The third-order valence-electron chi connectivity index (χ3n) is 17.4. The molecule has 4 unspecified atom stereocenters. The lowest BCUT2D eigenvalue weighted by Gasteiger charge is -2.21. The van der Waals surface area contributed by atoms with Gasteiger partial charge in [0.25, 0.3) is 0 Å². The first kappa shape index (κ1) is 92.5. The van der Waals surface area contributed by atoms with E-state index < -0.39 is 97.5 Å². The number of rotatable bonds is 72. The van der Waals surface area contributed by atoms with Gasteiger partial charge in [-0.2, -0.15) is 0 Å². The summed E-state index contributed by atoms with van der Waals surface area (Å²) in [6.45, 7) is 11.8. The van der Waals surface area contributed by atoms with Gasteiger partial charge in [-0.25, -0.2) is 9.13 Å². The molecule has 0 rings (SSSR count). The van der Waals surface area contributed by atoms with Crippen molar-refractivity contribution in [3.8, 4) is 0 Å². The van der Waals surface area contributed by atoms with Crippen molar-refractivity contribution in [3.63, 3.8) is 0 Å². The average molecular weight is 1390 g/mol. The van der Waals surface area contributed by atoms with Crippen LogP contribution in [0.15, 0.2) is 24.3 Å². The van der Waals surface area contributed by atoms with E-state index in [1.807, 2.05) is 0 Å². The van der Waals surface area contributed by atoms with Crippen LogP contribution in [0.1, 0.15) is 363 Å². The van der Waals surface area contributed by atoms with E-state index in [0.717, 1.165) is 127 Å². The van der Waals surface area contributed by atoms with Gasteiger partial charge in [0.15, 0.2) is 12.2 Å². The van der Waals surface area contributed by atoms with Crippen molar-refractivity contribution in [3.05, 3.63) is 24.3 Å². The Morgan fingerprint density at radius 2 is 0.621 bits per heavy atom. The molecule has 0 radical (unpaired) electrons. The number of allylic oxidation sites excluding steroid dienone is 4. The zero-order valence-corrected chi connectivity index (χ0v) is 63.4. The molecule has 95 heavy (non-hydrogen) atoms. The molecule has 0 aliphatic carbocycles. The Labute approximate surface area is 580 Å². The maximum absolute atomic E-state index is 13.1. The Bertz CT molecular complexity index is 1950. The number of hydrogen-bond donors (Lipinski definition) is 3. The van der Waals surface area contributed by atoms with Crippen LogP contribution in [0.25, 0.3) is 0 Å². The van der Waals surface area contributed by atoms with Crippen molar-refractivity contribution in [2.75, 3.05) is 39.6 Å². The minimum absolute atomic E-state index is 0.100. The molecule has 17 nitrogen and oxygen atoms in total. The Balaban J connectivity index is 5.28. The fraction of sp³-hybridized carbons (Fsp3) is 0.895. The second kappa shape index (κ2) is 66.1. The molecule has 19 heteroatoms. The van der Waals surface area contributed by atoms with E-state index in [1.165, 1.54) is 148 Å². The molecule has 6 atom stereocenters. The number of aliphatic hydroxyl groups is 1. The molecular weight excluding hydrogens is 1250 g/mol. The molecule has 0 aromatic heterocycles.